The Kier molecular flexibility index (Phi) is 10.7. The predicted molar refractivity (Wildman–Crippen MR) is 113 cm³/mol. The average molecular weight is 428 g/mol. The molecule has 0 radical (unpaired) electrons. The Morgan fingerprint density at radius 1 is 1.25 bits per heavy atom. The molecule has 7 heteroatoms. The Labute approximate surface area is 176 Å². The molecule has 0 aliphatic heterocycles. The molecule has 0 aromatic heterocycles. The van der Waals surface area contributed by atoms with Crippen LogP contribution in [0.1, 0.15) is 33.1 Å². The number of carbonyl (C=O) groups excluding carboxylic acids is 2. The van der Waals surface area contributed by atoms with E-state index in [0.29, 0.717) is 23.1 Å². The topological polar surface area (TPSA) is 64.6 Å². The third kappa shape index (κ3) is 9.29. The van der Waals surface area contributed by atoms with E-state index >= 15 is 0 Å². The lowest BCUT2D eigenvalue weighted by Gasteiger charge is -2.22. The molecule has 1 N–H and O–H groups in total. The molecule has 3 unspecified atom stereocenters. The lowest BCUT2D eigenvalue weighted by Crippen LogP contribution is -2.42. The van der Waals surface area contributed by atoms with Gasteiger partial charge in [-0.05, 0) is 56.4 Å². The van der Waals surface area contributed by atoms with Gasteiger partial charge < -0.3 is 14.8 Å². The van der Waals surface area contributed by atoms with E-state index in [1.165, 1.54) is 13.2 Å². The first-order valence-corrected chi connectivity index (χ1v) is 9.81. The molecule has 1 amide bonds. The van der Waals surface area contributed by atoms with Crippen LogP contribution in [0.15, 0.2) is 48.6 Å². The molecular formula is C21H27Cl2NO4. The van der Waals surface area contributed by atoms with Gasteiger partial charge in [-0.2, -0.15) is 0 Å². The zero-order valence-electron chi connectivity index (χ0n) is 16.4. The van der Waals surface area contributed by atoms with Gasteiger partial charge in [0, 0.05) is 17.1 Å². The molecule has 0 aliphatic carbocycles. The van der Waals surface area contributed by atoms with Gasteiger partial charge in [0.05, 0.1) is 7.11 Å². The molecule has 1 aromatic rings. The van der Waals surface area contributed by atoms with Crippen LogP contribution in [0, 0.1) is 5.92 Å². The van der Waals surface area contributed by atoms with Crippen molar-refractivity contribution in [1.82, 2.24) is 5.32 Å². The maximum absolute atomic E-state index is 12.4. The van der Waals surface area contributed by atoms with Crippen molar-refractivity contribution >= 4 is 35.1 Å². The highest BCUT2D eigenvalue weighted by Gasteiger charge is 2.21. The number of allylic oxidation sites excluding steroid dienone is 1. The minimum atomic E-state index is -1.16. The van der Waals surface area contributed by atoms with Crippen LogP contribution < -0.4 is 10.1 Å². The van der Waals surface area contributed by atoms with Gasteiger partial charge in [0.15, 0.2) is 0 Å². The number of rotatable bonds is 11. The van der Waals surface area contributed by atoms with Crippen molar-refractivity contribution in [2.75, 3.05) is 7.11 Å². The zero-order chi connectivity index (χ0) is 21.1. The quantitative estimate of drug-likeness (QED) is 0.236. The first kappa shape index (κ1) is 24.1. The molecule has 154 valence electrons. The van der Waals surface area contributed by atoms with Crippen molar-refractivity contribution in [2.24, 2.45) is 5.92 Å². The van der Waals surface area contributed by atoms with Crippen LogP contribution in [0.5, 0.6) is 5.75 Å². The summed E-state index contributed by atoms with van der Waals surface area (Å²) < 4.78 is 10.00. The lowest BCUT2D eigenvalue weighted by atomic mass is 9.95. The number of hydrogen-bond donors (Lipinski definition) is 1. The van der Waals surface area contributed by atoms with Gasteiger partial charge in [-0.3, -0.25) is 4.79 Å². The SMILES string of the molecule is C=C(C)C(CCC(C)CC=CC(=O)OC)NC(=O)C(Cl)Oc1ccc(Cl)cc1. The van der Waals surface area contributed by atoms with Gasteiger partial charge in [0.25, 0.3) is 5.91 Å². The molecule has 0 spiro atoms. The molecule has 0 aliphatic rings. The fourth-order valence-corrected chi connectivity index (χ4v) is 2.69. The molecule has 28 heavy (non-hydrogen) atoms. The minimum absolute atomic E-state index is 0.213. The number of esters is 1. The van der Waals surface area contributed by atoms with Gasteiger partial charge >= 0.3 is 5.97 Å². The number of carbonyl (C=O) groups is 2. The standard InChI is InChI=1S/C21H27Cl2NO4/c1-14(2)18(13-8-15(3)6-5-7-19(25)27-4)24-21(26)20(23)28-17-11-9-16(22)10-12-17/h5,7,9-12,15,18,20H,1,6,8,13H2,2-4H3,(H,24,26). The highest BCUT2D eigenvalue weighted by atomic mass is 35.5. The summed E-state index contributed by atoms with van der Waals surface area (Å²) in [5, 5.41) is 3.44. The minimum Gasteiger partial charge on any atom is -0.466 e. The molecule has 3 atom stereocenters. The first-order chi connectivity index (χ1) is 13.2. The van der Waals surface area contributed by atoms with E-state index in [9.17, 15) is 9.59 Å². The molecule has 0 saturated heterocycles. The summed E-state index contributed by atoms with van der Waals surface area (Å²) in [5.41, 5.74) is -0.329. The summed E-state index contributed by atoms with van der Waals surface area (Å²) in [7, 11) is 1.34. The monoisotopic (exact) mass is 427 g/mol. The molecular weight excluding hydrogens is 401 g/mol. The van der Waals surface area contributed by atoms with Crippen molar-refractivity contribution in [3.63, 3.8) is 0 Å². The van der Waals surface area contributed by atoms with E-state index in [4.69, 9.17) is 27.9 Å². The van der Waals surface area contributed by atoms with Crippen molar-refractivity contribution in [3.05, 3.63) is 53.6 Å². The second-order valence-electron chi connectivity index (χ2n) is 6.64. The number of nitrogens with one attached hydrogen (secondary N) is 1. The number of ether oxygens (including phenoxy) is 2. The van der Waals surface area contributed by atoms with Gasteiger partial charge in [-0.15, -0.1) is 0 Å². The molecule has 1 aromatic carbocycles. The number of benzene rings is 1. The van der Waals surface area contributed by atoms with Crippen molar-refractivity contribution < 1.29 is 19.1 Å². The van der Waals surface area contributed by atoms with Gasteiger partial charge in [0.1, 0.15) is 5.75 Å². The van der Waals surface area contributed by atoms with E-state index in [1.807, 2.05) is 6.92 Å². The van der Waals surface area contributed by atoms with Crippen molar-refractivity contribution in [1.29, 1.82) is 0 Å². The maximum atomic E-state index is 12.4. The highest BCUT2D eigenvalue weighted by Crippen LogP contribution is 2.19. The Balaban J connectivity index is 2.50. The van der Waals surface area contributed by atoms with Crippen LogP contribution in [0.3, 0.4) is 0 Å². The number of alkyl halides is 1. The second kappa shape index (κ2) is 12.5. The van der Waals surface area contributed by atoms with E-state index in [0.717, 1.165) is 18.4 Å². The molecule has 5 nitrogen and oxygen atoms in total. The van der Waals surface area contributed by atoms with Crippen LogP contribution in [0.25, 0.3) is 0 Å². The Morgan fingerprint density at radius 2 is 1.89 bits per heavy atom. The van der Waals surface area contributed by atoms with Crippen LogP contribution >= 0.6 is 23.2 Å². The average Bonchev–Trinajstić information content (AvgIpc) is 2.66. The van der Waals surface area contributed by atoms with Gasteiger partial charge in [-0.25, -0.2) is 4.79 Å². The summed E-state index contributed by atoms with van der Waals surface area (Å²) in [6.45, 7) is 7.88. The van der Waals surface area contributed by atoms with E-state index in [2.05, 4.69) is 23.6 Å². The summed E-state index contributed by atoms with van der Waals surface area (Å²) in [6.07, 6.45) is 5.50. The van der Waals surface area contributed by atoms with Crippen LogP contribution in [0.2, 0.25) is 5.02 Å². The Hall–Kier alpha value is -1.98. The fraction of sp³-hybridized carbons (Fsp3) is 0.429. The molecule has 0 saturated carbocycles. The Morgan fingerprint density at radius 3 is 2.46 bits per heavy atom. The van der Waals surface area contributed by atoms with E-state index < -0.39 is 11.5 Å². The number of halogens is 2. The fourth-order valence-electron chi connectivity index (χ4n) is 2.40. The summed E-state index contributed by atoms with van der Waals surface area (Å²) >= 11 is 11.9. The van der Waals surface area contributed by atoms with Crippen LogP contribution in [-0.4, -0.2) is 30.6 Å². The summed E-state index contributed by atoms with van der Waals surface area (Å²) in [6, 6.07) is 6.39. The van der Waals surface area contributed by atoms with E-state index in [1.54, 1.807) is 30.3 Å². The molecule has 1 rings (SSSR count). The number of methoxy groups -OCH3 is 1. The van der Waals surface area contributed by atoms with Crippen molar-refractivity contribution in [2.45, 2.75) is 44.7 Å². The van der Waals surface area contributed by atoms with E-state index in [-0.39, 0.29) is 12.0 Å². The predicted octanol–water partition coefficient (Wildman–Crippen LogP) is 4.88. The summed E-state index contributed by atoms with van der Waals surface area (Å²) in [5.74, 6) is -0.00908. The molecule has 0 fully saturated rings. The zero-order valence-corrected chi connectivity index (χ0v) is 17.9. The normalized spacial score (nSPS) is 14.2. The molecule has 0 heterocycles. The maximum Gasteiger partial charge on any atom is 0.330 e. The van der Waals surface area contributed by atoms with Gasteiger partial charge in [-0.1, -0.05) is 48.4 Å². The number of amides is 1. The first-order valence-electron chi connectivity index (χ1n) is 8.99. The molecule has 0 bridgehead atoms. The largest absolute Gasteiger partial charge is 0.466 e. The van der Waals surface area contributed by atoms with Crippen LogP contribution in [0.4, 0.5) is 0 Å². The third-order valence-electron chi connectivity index (χ3n) is 4.11. The lowest BCUT2D eigenvalue weighted by molar-refractivity contribution is -0.134. The second-order valence-corrected chi connectivity index (χ2v) is 7.47. The Bertz CT molecular complexity index is 688. The van der Waals surface area contributed by atoms with Crippen molar-refractivity contribution in [3.8, 4) is 5.75 Å². The third-order valence-corrected chi connectivity index (χ3v) is 4.65. The number of hydrogen-bond acceptors (Lipinski definition) is 4. The van der Waals surface area contributed by atoms with Crippen LogP contribution in [-0.2, 0) is 14.3 Å². The highest BCUT2D eigenvalue weighted by molar-refractivity contribution is 6.30. The summed E-state index contributed by atoms with van der Waals surface area (Å²) in [4.78, 5) is 23.4. The smallest absolute Gasteiger partial charge is 0.330 e. The van der Waals surface area contributed by atoms with Gasteiger partial charge in [0.2, 0.25) is 5.56 Å².